The van der Waals surface area contributed by atoms with Crippen LogP contribution in [0.1, 0.15) is 12.5 Å². The molecule has 23 heavy (non-hydrogen) atoms. The van der Waals surface area contributed by atoms with Crippen molar-refractivity contribution < 1.29 is 23.2 Å². The molecule has 1 aliphatic rings. The minimum Gasteiger partial charge on any atom is -0.481 e. The van der Waals surface area contributed by atoms with E-state index in [0.717, 1.165) is 0 Å². The number of aryl methyl sites for hydroxylation is 1. The van der Waals surface area contributed by atoms with Crippen molar-refractivity contribution in [2.75, 3.05) is 18.8 Å². The Labute approximate surface area is 133 Å². The first kappa shape index (κ1) is 17.4. The van der Waals surface area contributed by atoms with E-state index >= 15 is 0 Å². The molecular formula is C14H18N2O6S. The van der Waals surface area contributed by atoms with E-state index in [1.807, 2.05) is 0 Å². The summed E-state index contributed by atoms with van der Waals surface area (Å²) in [5.74, 6) is -2.25. The number of carboxylic acid groups (broad SMARTS) is 1. The number of carbonyl (C=O) groups is 1. The smallest absolute Gasteiger partial charge is 0.308 e. The number of para-hydroxylation sites is 1. The monoisotopic (exact) mass is 342 g/mol. The SMILES string of the molecule is C[C@@H]1CN(S(=O)(=O)CCc2ccccc2[N+](=O)[O-])C[C@H]1C(=O)O. The predicted molar refractivity (Wildman–Crippen MR) is 82.5 cm³/mol. The fourth-order valence-corrected chi connectivity index (χ4v) is 4.33. The Bertz CT molecular complexity index is 718. The van der Waals surface area contributed by atoms with Crippen molar-refractivity contribution in [2.24, 2.45) is 11.8 Å². The first-order valence-electron chi connectivity index (χ1n) is 7.15. The molecule has 1 N–H and O–H groups in total. The summed E-state index contributed by atoms with van der Waals surface area (Å²) in [6.45, 7) is 1.82. The van der Waals surface area contributed by atoms with E-state index in [9.17, 15) is 23.3 Å². The van der Waals surface area contributed by atoms with Gasteiger partial charge in [0.2, 0.25) is 10.0 Å². The molecule has 0 saturated carbocycles. The van der Waals surface area contributed by atoms with E-state index < -0.39 is 26.8 Å². The molecule has 1 heterocycles. The molecule has 9 heteroatoms. The van der Waals surface area contributed by atoms with Crippen molar-refractivity contribution in [1.29, 1.82) is 0 Å². The van der Waals surface area contributed by atoms with Crippen molar-refractivity contribution in [3.05, 3.63) is 39.9 Å². The van der Waals surface area contributed by atoms with Gasteiger partial charge in [-0.25, -0.2) is 12.7 Å². The summed E-state index contributed by atoms with van der Waals surface area (Å²) in [7, 11) is -3.65. The third-order valence-electron chi connectivity index (χ3n) is 4.11. The van der Waals surface area contributed by atoms with Gasteiger partial charge in [-0.1, -0.05) is 25.1 Å². The number of nitrogens with zero attached hydrogens (tertiary/aromatic N) is 2. The molecule has 0 amide bonds. The second-order valence-electron chi connectivity index (χ2n) is 5.69. The lowest BCUT2D eigenvalue weighted by atomic mass is 9.99. The Morgan fingerprint density at radius 1 is 1.39 bits per heavy atom. The summed E-state index contributed by atoms with van der Waals surface area (Å²) in [4.78, 5) is 21.5. The van der Waals surface area contributed by atoms with E-state index in [2.05, 4.69) is 0 Å². The van der Waals surface area contributed by atoms with Gasteiger partial charge in [0.15, 0.2) is 0 Å². The van der Waals surface area contributed by atoms with Gasteiger partial charge in [-0.05, 0) is 12.3 Å². The molecule has 1 fully saturated rings. The van der Waals surface area contributed by atoms with Crippen LogP contribution in [0.15, 0.2) is 24.3 Å². The minimum atomic E-state index is -3.65. The predicted octanol–water partition coefficient (Wildman–Crippen LogP) is 1.12. The normalized spacial score (nSPS) is 22.1. The molecule has 1 aromatic carbocycles. The summed E-state index contributed by atoms with van der Waals surface area (Å²) in [5, 5.41) is 20.0. The van der Waals surface area contributed by atoms with Crippen LogP contribution in [-0.2, 0) is 21.2 Å². The standard InChI is InChI=1S/C14H18N2O6S/c1-10-8-15(9-12(10)14(17)18)23(21,22)7-6-11-4-2-3-5-13(11)16(19)20/h2-5,10,12H,6-9H2,1H3,(H,17,18)/t10-,12-/m1/s1. The van der Waals surface area contributed by atoms with E-state index in [1.165, 1.54) is 22.5 Å². The van der Waals surface area contributed by atoms with E-state index in [0.29, 0.717) is 5.56 Å². The van der Waals surface area contributed by atoms with Crippen molar-refractivity contribution in [1.82, 2.24) is 4.31 Å². The van der Waals surface area contributed by atoms with Crippen LogP contribution in [0.3, 0.4) is 0 Å². The van der Waals surface area contributed by atoms with Crippen molar-refractivity contribution in [3.63, 3.8) is 0 Å². The van der Waals surface area contributed by atoms with Crippen molar-refractivity contribution in [2.45, 2.75) is 13.3 Å². The number of nitro groups is 1. The maximum absolute atomic E-state index is 12.4. The molecule has 1 aliphatic heterocycles. The maximum Gasteiger partial charge on any atom is 0.308 e. The van der Waals surface area contributed by atoms with Crippen LogP contribution in [0.2, 0.25) is 0 Å². The lowest BCUT2D eigenvalue weighted by Gasteiger charge is -2.16. The Hall–Kier alpha value is -2.00. The minimum absolute atomic E-state index is 0.0160. The summed E-state index contributed by atoms with van der Waals surface area (Å²) >= 11 is 0. The highest BCUT2D eigenvalue weighted by molar-refractivity contribution is 7.89. The van der Waals surface area contributed by atoms with E-state index in [1.54, 1.807) is 13.0 Å². The number of nitro benzene ring substituents is 1. The Balaban J connectivity index is 2.09. The second-order valence-corrected chi connectivity index (χ2v) is 7.78. The molecule has 0 bridgehead atoms. The van der Waals surface area contributed by atoms with Crippen LogP contribution >= 0.6 is 0 Å². The van der Waals surface area contributed by atoms with E-state index in [-0.39, 0.29) is 36.9 Å². The largest absolute Gasteiger partial charge is 0.481 e. The summed E-state index contributed by atoms with van der Waals surface area (Å²) < 4.78 is 25.9. The zero-order valence-corrected chi connectivity index (χ0v) is 13.4. The number of sulfonamides is 1. The lowest BCUT2D eigenvalue weighted by Crippen LogP contribution is -2.32. The summed E-state index contributed by atoms with van der Waals surface area (Å²) in [5.41, 5.74) is 0.240. The zero-order valence-electron chi connectivity index (χ0n) is 12.6. The average molecular weight is 342 g/mol. The summed E-state index contributed by atoms with van der Waals surface area (Å²) in [6, 6.07) is 6.00. The quantitative estimate of drug-likeness (QED) is 0.611. The Morgan fingerprint density at radius 3 is 2.61 bits per heavy atom. The number of hydrogen-bond donors (Lipinski definition) is 1. The molecular weight excluding hydrogens is 324 g/mol. The Morgan fingerprint density at radius 2 is 2.04 bits per heavy atom. The van der Waals surface area contributed by atoms with Gasteiger partial charge in [-0.2, -0.15) is 0 Å². The molecule has 0 aliphatic carbocycles. The van der Waals surface area contributed by atoms with Gasteiger partial charge in [0, 0.05) is 24.7 Å². The molecule has 8 nitrogen and oxygen atoms in total. The van der Waals surface area contributed by atoms with Crippen molar-refractivity contribution >= 4 is 21.7 Å². The van der Waals surface area contributed by atoms with Crippen molar-refractivity contribution in [3.8, 4) is 0 Å². The van der Waals surface area contributed by atoms with Crippen LogP contribution < -0.4 is 0 Å². The first-order valence-corrected chi connectivity index (χ1v) is 8.76. The fourth-order valence-electron chi connectivity index (χ4n) is 2.74. The maximum atomic E-state index is 12.4. The molecule has 1 saturated heterocycles. The van der Waals surface area contributed by atoms with Crippen LogP contribution in [0.5, 0.6) is 0 Å². The van der Waals surface area contributed by atoms with Crippen LogP contribution in [0.25, 0.3) is 0 Å². The Kier molecular flexibility index (Phi) is 5.00. The number of aliphatic carboxylic acids is 1. The highest BCUT2D eigenvalue weighted by Gasteiger charge is 2.39. The molecule has 0 radical (unpaired) electrons. The third kappa shape index (κ3) is 3.85. The molecule has 2 atom stereocenters. The van der Waals surface area contributed by atoms with Gasteiger partial charge < -0.3 is 5.11 Å². The molecule has 1 aromatic rings. The van der Waals surface area contributed by atoms with Gasteiger partial charge in [-0.3, -0.25) is 14.9 Å². The van der Waals surface area contributed by atoms with E-state index in [4.69, 9.17) is 5.11 Å². The molecule has 0 unspecified atom stereocenters. The van der Waals surface area contributed by atoms with Crippen LogP contribution in [-0.4, -0.2) is 47.6 Å². The second kappa shape index (κ2) is 6.63. The zero-order chi connectivity index (χ0) is 17.2. The number of benzene rings is 1. The highest BCUT2D eigenvalue weighted by Crippen LogP contribution is 2.26. The van der Waals surface area contributed by atoms with Gasteiger partial charge in [0.25, 0.3) is 5.69 Å². The van der Waals surface area contributed by atoms with Gasteiger partial charge >= 0.3 is 5.97 Å². The summed E-state index contributed by atoms with van der Waals surface area (Å²) in [6.07, 6.45) is 0.0160. The lowest BCUT2D eigenvalue weighted by molar-refractivity contribution is -0.385. The molecule has 2 rings (SSSR count). The van der Waals surface area contributed by atoms with Crippen LogP contribution in [0, 0.1) is 22.0 Å². The highest BCUT2D eigenvalue weighted by atomic mass is 32.2. The number of carboxylic acids is 1. The first-order chi connectivity index (χ1) is 10.7. The fraction of sp³-hybridized carbons (Fsp3) is 0.500. The molecule has 0 spiro atoms. The number of hydrogen-bond acceptors (Lipinski definition) is 5. The third-order valence-corrected chi connectivity index (χ3v) is 5.91. The molecule has 0 aromatic heterocycles. The topological polar surface area (TPSA) is 118 Å². The van der Waals surface area contributed by atoms with Gasteiger partial charge in [0.1, 0.15) is 0 Å². The van der Waals surface area contributed by atoms with Crippen LogP contribution in [0.4, 0.5) is 5.69 Å². The van der Waals surface area contributed by atoms with Gasteiger partial charge in [-0.15, -0.1) is 0 Å². The molecule has 126 valence electrons. The number of rotatable bonds is 6. The van der Waals surface area contributed by atoms with Gasteiger partial charge in [0.05, 0.1) is 16.6 Å². The average Bonchev–Trinajstić information content (AvgIpc) is 2.88.